The van der Waals surface area contributed by atoms with Crippen LogP contribution in [0.25, 0.3) is 0 Å². The molecule has 4 nitrogen and oxygen atoms in total. The van der Waals surface area contributed by atoms with Crippen molar-refractivity contribution in [3.63, 3.8) is 0 Å². The van der Waals surface area contributed by atoms with Gasteiger partial charge in [-0.25, -0.2) is 0 Å². The van der Waals surface area contributed by atoms with Crippen LogP contribution in [0.5, 0.6) is 0 Å². The molecule has 20 heavy (non-hydrogen) atoms. The van der Waals surface area contributed by atoms with E-state index in [1.54, 1.807) is 18.2 Å². The van der Waals surface area contributed by atoms with E-state index in [0.29, 0.717) is 11.1 Å². The standard InChI is InChI=1S/C15H10BrNO3/c16-11-6-7-12-13(8-11)15(19)17(14(12)18)20-9-10-4-2-1-3-5-10/h1-8H,9H2. The summed E-state index contributed by atoms with van der Waals surface area (Å²) >= 11 is 3.29. The first-order chi connectivity index (χ1) is 9.66. The van der Waals surface area contributed by atoms with E-state index in [-0.39, 0.29) is 6.61 Å². The van der Waals surface area contributed by atoms with Crippen LogP contribution in [0.3, 0.4) is 0 Å². The third-order valence-corrected chi connectivity index (χ3v) is 3.51. The largest absolute Gasteiger partial charge is 0.285 e. The van der Waals surface area contributed by atoms with E-state index in [0.717, 1.165) is 15.1 Å². The molecule has 2 aromatic carbocycles. The molecule has 0 radical (unpaired) electrons. The smallest absolute Gasteiger partial charge is 0.266 e. The van der Waals surface area contributed by atoms with Crippen molar-refractivity contribution >= 4 is 27.7 Å². The molecule has 2 aromatic rings. The van der Waals surface area contributed by atoms with Crippen LogP contribution in [0, 0.1) is 0 Å². The van der Waals surface area contributed by atoms with E-state index >= 15 is 0 Å². The highest BCUT2D eigenvalue weighted by Gasteiger charge is 2.36. The number of carbonyl (C=O) groups is 2. The van der Waals surface area contributed by atoms with Gasteiger partial charge in [-0.3, -0.25) is 14.4 Å². The van der Waals surface area contributed by atoms with Crippen molar-refractivity contribution in [3.05, 3.63) is 69.7 Å². The van der Waals surface area contributed by atoms with Gasteiger partial charge in [0.25, 0.3) is 11.8 Å². The average Bonchev–Trinajstić information content (AvgIpc) is 2.70. The van der Waals surface area contributed by atoms with Crippen LogP contribution in [0.2, 0.25) is 0 Å². The minimum absolute atomic E-state index is 0.174. The molecule has 0 bridgehead atoms. The van der Waals surface area contributed by atoms with Crippen molar-refractivity contribution in [2.75, 3.05) is 0 Å². The minimum Gasteiger partial charge on any atom is -0.266 e. The first-order valence-corrected chi connectivity index (χ1v) is 6.81. The molecular formula is C15H10BrNO3. The van der Waals surface area contributed by atoms with Gasteiger partial charge >= 0.3 is 0 Å². The van der Waals surface area contributed by atoms with Crippen molar-refractivity contribution in [1.82, 2.24) is 5.06 Å². The predicted octanol–water partition coefficient (Wildman–Crippen LogP) is 3.18. The molecule has 0 saturated carbocycles. The summed E-state index contributed by atoms with van der Waals surface area (Å²) in [7, 11) is 0. The first-order valence-electron chi connectivity index (χ1n) is 6.02. The Labute approximate surface area is 124 Å². The van der Waals surface area contributed by atoms with Crippen molar-refractivity contribution in [2.45, 2.75) is 6.61 Å². The molecule has 1 heterocycles. The van der Waals surface area contributed by atoms with Gasteiger partial charge in [0.1, 0.15) is 6.61 Å². The molecule has 0 unspecified atom stereocenters. The number of carbonyl (C=O) groups excluding carboxylic acids is 2. The maximum absolute atomic E-state index is 12.1. The van der Waals surface area contributed by atoms with Gasteiger partial charge in [-0.05, 0) is 23.8 Å². The van der Waals surface area contributed by atoms with E-state index in [1.807, 2.05) is 30.3 Å². The lowest BCUT2D eigenvalue weighted by molar-refractivity contribution is -0.101. The van der Waals surface area contributed by atoms with E-state index in [1.165, 1.54) is 0 Å². The SMILES string of the molecule is O=C1c2ccc(Br)cc2C(=O)N1OCc1ccccc1. The molecule has 100 valence electrons. The molecule has 2 amide bonds. The Balaban J connectivity index is 1.80. The van der Waals surface area contributed by atoms with Crippen molar-refractivity contribution in [1.29, 1.82) is 0 Å². The Bertz CT molecular complexity index is 685. The number of halogens is 1. The zero-order valence-corrected chi connectivity index (χ0v) is 12.0. The molecule has 3 rings (SSSR count). The van der Waals surface area contributed by atoms with Crippen molar-refractivity contribution in [2.24, 2.45) is 0 Å². The summed E-state index contributed by atoms with van der Waals surface area (Å²) in [4.78, 5) is 29.6. The Morgan fingerprint density at radius 2 is 1.65 bits per heavy atom. The molecular weight excluding hydrogens is 322 g/mol. The van der Waals surface area contributed by atoms with Gasteiger partial charge < -0.3 is 0 Å². The summed E-state index contributed by atoms with van der Waals surface area (Å²) in [6, 6.07) is 14.3. The summed E-state index contributed by atoms with van der Waals surface area (Å²) in [6.45, 7) is 0.174. The molecule has 0 spiro atoms. The molecule has 0 aromatic heterocycles. The molecule has 1 aliphatic heterocycles. The third kappa shape index (κ3) is 2.26. The zero-order valence-electron chi connectivity index (χ0n) is 10.4. The quantitative estimate of drug-likeness (QED) is 0.811. The maximum Gasteiger partial charge on any atom is 0.285 e. The zero-order chi connectivity index (χ0) is 14.1. The van der Waals surface area contributed by atoms with Gasteiger partial charge in [-0.1, -0.05) is 46.3 Å². The fourth-order valence-electron chi connectivity index (χ4n) is 2.02. The molecule has 0 saturated heterocycles. The highest BCUT2D eigenvalue weighted by molar-refractivity contribution is 9.10. The van der Waals surface area contributed by atoms with Gasteiger partial charge in [0, 0.05) is 4.47 Å². The van der Waals surface area contributed by atoms with Crippen molar-refractivity contribution in [3.8, 4) is 0 Å². The van der Waals surface area contributed by atoms with E-state index < -0.39 is 11.8 Å². The number of amides is 2. The Morgan fingerprint density at radius 3 is 2.40 bits per heavy atom. The van der Waals surface area contributed by atoms with Crippen LogP contribution in [0.15, 0.2) is 53.0 Å². The molecule has 1 aliphatic rings. The minimum atomic E-state index is -0.428. The summed E-state index contributed by atoms with van der Waals surface area (Å²) in [5.41, 5.74) is 1.62. The fourth-order valence-corrected chi connectivity index (χ4v) is 2.38. The van der Waals surface area contributed by atoms with Crippen molar-refractivity contribution < 1.29 is 14.4 Å². The lowest BCUT2D eigenvalue weighted by atomic mass is 10.1. The number of benzene rings is 2. The Morgan fingerprint density at radius 1 is 0.950 bits per heavy atom. The molecule has 0 atom stereocenters. The lowest BCUT2D eigenvalue weighted by Gasteiger charge is -2.13. The highest BCUT2D eigenvalue weighted by Crippen LogP contribution is 2.26. The second-order valence-electron chi connectivity index (χ2n) is 4.35. The van der Waals surface area contributed by atoms with Gasteiger partial charge in [0.2, 0.25) is 0 Å². The number of nitrogens with zero attached hydrogens (tertiary/aromatic N) is 1. The third-order valence-electron chi connectivity index (χ3n) is 3.01. The summed E-state index contributed by atoms with van der Waals surface area (Å²) < 4.78 is 0.752. The Kier molecular flexibility index (Phi) is 3.38. The number of hydrogen-bond acceptors (Lipinski definition) is 3. The van der Waals surface area contributed by atoms with Gasteiger partial charge in [0.05, 0.1) is 11.1 Å². The molecule has 5 heteroatoms. The van der Waals surface area contributed by atoms with Gasteiger partial charge in [0.15, 0.2) is 0 Å². The average molecular weight is 332 g/mol. The van der Waals surface area contributed by atoms with E-state index in [2.05, 4.69) is 15.9 Å². The molecule has 0 fully saturated rings. The van der Waals surface area contributed by atoms with Crippen LogP contribution >= 0.6 is 15.9 Å². The van der Waals surface area contributed by atoms with E-state index in [9.17, 15) is 9.59 Å². The molecule has 0 aliphatic carbocycles. The van der Waals surface area contributed by atoms with Crippen LogP contribution in [-0.4, -0.2) is 16.9 Å². The lowest BCUT2D eigenvalue weighted by Crippen LogP contribution is -2.29. The van der Waals surface area contributed by atoms with Crippen LogP contribution in [-0.2, 0) is 11.4 Å². The normalized spacial score (nSPS) is 13.8. The maximum atomic E-state index is 12.1. The number of fused-ring (bicyclic) bond motifs is 1. The predicted molar refractivity (Wildman–Crippen MR) is 75.9 cm³/mol. The molecule has 0 N–H and O–H groups in total. The number of imide groups is 1. The van der Waals surface area contributed by atoms with Crippen LogP contribution < -0.4 is 0 Å². The van der Waals surface area contributed by atoms with Gasteiger partial charge in [-0.2, -0.15) is 0 Å². The summed E-state index contributed by atoms with van der Waals surface area (Å²) in [5, 5.41) is 0.824. The Hall–Kier alpha value is -1.98. The first kappa shape index (κ1) is 13.0. The second-order valence-corrected chi connectivity index (χ2v) is 5.27. The monoisotopic (exact) mass is 331 g/mol. The van der Waals surface area contributed by atoms with Crippen LogP contribution in [0.1, 0.15) is 26.3 Å². The number of rotatable bonds is 3. The number of hydrogen-bond donors (Lipinski definition) is 0. The number of hydroxylamine groups is 2. The summed E-state index contributed by atoms with van der Waals surface area (Å²) in [6.07, 6.45) is 0. The second kappa shape index (κ2) is 5.19. The topological polar surface area (TPSA) is 46.6 Å². The van der Waals surface area contributed by atoms with E-state index in [4.69, 9.17) is 4.84 Å². The van der Waals surface area contributed by atoms with Gasteiger partial charge in [-0.15, -0.1) is 5.06 Å². The van der Waals surface area contributed by atoms with Crippen LogP contribution in [0.4, 0.5) is 0 Å². The highest BCUT2D eigenvalue weighted by atomic mass is 79.9. The fraction of sp³-hybridized carbons (Fsp3) is 0.0667. The summed E-state index contributed by atoms with van der Waals surface area (Å²) in [5.74, 6) is -0.851.